The van der Waals surface area contributed by atoms with Crippen LogP contribution in [0.15, 0.2) is 0 Å². The van der Waals surface area contributed by atoms with Gasteiger partial charge in [0.15, 0.2) is 6.61 Å². The van der Waals surface area contributed by atoms with Gasteiger partial charge < -0.3 is 14.8 Å². The van der Waals surface area contributed by atoms with E-state index in [2.05, 4.69) is 10.4 Å². The molecule has 0 unspecified atom stereocenters. The Balaban J connectivity index is 2.62. The van der Waals surface area contributed by atoms with Crippen LogP contribution in [-0.4, -0.2) is 48.5 Å². The van der Waals surface area contributed by atoms with E-state index in [1.54, 1.807) is 11.6 Å². The van der Waals surface area contributed by atoms with Crippen LogP contribution < -0.4 is 5.32 Å². The molecule has 1 rings (SSSR count). The maximum atomic E-state index is 12.1. The van der Waals surface area contributed by atoms with Crippen LogP contribution in [0.4, 0.5) is 0 Å². The number of nitrogens with one attached hydrogen (secondary N) is 1. The lowest BCUT2D eigenvalue weighted by Crippen LogP contribution is -2.31. The monoisotopic (exact) mass is 331 g/mol. The molecule has 0 radical (unpaired) electrons. The summed E-state index contributed by atoms with van der Waals surface area (Å²) < 4.78 is 11.3. The maximum Gasteiger partial charge on any atom is 0.343 e. The number of hydrogen-bond acceptors (Lipinski definition) is 5. The van der Waals surface area contributed by atoms with E-state index in [1.165, 1.54) is 7.11 Å². The molecule has 7 nitrogen and oxygen atoms in total. The molecule has 1 heterocycles. The SMILES string of the molecule is COCCNC(=O)COC(=O)c1c(C)nn(CC(C)C)c1Cl. The molecule has 0 saturated carbocycles. The molecule has 0 atom stereocenters. The number of esters is 1. The molecule has 0 aliphatic carbocycles. The highest BCUT2D eigenvalue weighted by Crippen LogP contribution is 2.21. The molecule has 0 aromatic carbocycles. The zero-order valence-corrected chi connectivity index (χ0v) is 14.1. The second kappa shape index (κ2) is 8.75. The second-order valence-corrected chi connectivity index (χ2v) is 5.60. The quantitative estimate of drug-likeness (QED) is 0.575. The number of carbonyl (C=O) groups is 2. The molecule has 1 N–H and O–H groups in total. The highest BCUT2D eigenvalue weighted by Gasteiger charge is 2.22. The lowest BCUT2D eigenvalue weighted by atomic mass is 10.2. The van der Waals surface area contributed by atoms with Gasteiger partial charge in [0.05, 0.1) is 12.3 Å². The predicted molar refractivity (Wildman–Crippen MR) is 82.0 cm³/mol. The number of hydrogen-bond donors (Lipinski definition) is 1. The number of carbonyl (C=O) groups excluding carboxylic acids is 2. The first-order chi connectivity index (χ1) is 10.4. The third-order valence-corrected chi connectivity index (χ3v) is 3.15. The highest BCUT2D eigenvalue weighted by atomic mass is 35.5. The van der Waals surface area contributed by atoms with Crippen LogP contribution in [0.2, 0.25) is 5.15 Å². The number of aromatic nitrogens is 2. The number of nitrogens with zero attached hydrogens (tertiary/aromatic N) is 2. The first-order valence-corrected chi connectivity index (χ1v) is 7.40. The summed E-state index contributed by atoms with van der Waals surface area (Å²) in [7, 11) is 1.53. The van der Waals surface area contributed by atoms with Crippen LogP contribution in [0.25, 0.3) is 0 Å². The molecule has 1 aromatic rings. The summed E-state index contributed by atoms with van der Waals surface area (Å²) >= 11 is 6.17. The van der Waals surface area contributed by atoms with Crippen molar-refractivity contribution < 1.29 is 19.1 Å². The second-order valence-electron chi connectivity index (χ2n) is 5.25. The van der Waals surface area contributed by atoms with Gasteiger partial charge in [-0.3, -0.25) is 9.48 Å². The first-order valence-electron chi connectivity index (χ1n) is 7.02. The van der Waals surface area contributed by atoms with Crippen molar-refractivity contribution in [1.82, 2.24) is 15.1 Å². The lowest BCUT2D eigenvalue weighted by molar-refractivity contribution is -0.124. The minimum Gasteiger partial charge on any atom is -0.452 e. The Morgan fingerprint density at radius 1 is 1.41 bits per heavy atom. The van der Waals surface area contributed by atoms with Gasteiger partial charge in [0, 0.05) is 20.2 Å². The van der Waals surface area contributed by atoms with E-state index >= 15 is 0 Å². The van der Waals surface area contributed by atoms with Gasteiger partial charge in [-0.2, -0.15) is 5.10 Å². The predicted octanol–water partition coefficient (Wildman–Crippen LogP) is 1.42. The molecule has 0 fully saturated rings. The Morgan fingerprint density at radius 2 is 2.09 bits per heavy atom. The van der Waals surface area contributed by atoms with Gasteiger partial charge in [0.25, 0.3) is 5.91 Å². The van der Waals surface area contributed by atoms with Crippen LogP contribution in [0, 0.1) is 12.8 Å². The van der Waals surface area contributed by atoms with Crippen LogP contribution in [-0.2, 0) is 20.8 Å². The van der Waals surface area contributed by atoms with Crippen molar-refractivity contribution in [3.63, 3.8) is 0 Å². The number of ether oxygens (including phenoxy) is 2. The zero-order chi connectivity index (χ0) is 16.7. The van der Waals surface area contributed by atoms with E-state index in [-0.39, 0.29) is 17.3 Å². The number of amides is 1. The summed E-state index contributed by atoms with van der Waals surface area (Å²) in [4.78, 5) is 23.5. The number of methoxy groups -OCH3 is 1. The van der Waals surface area contributed by atoms with Crippen molar-refractivity contribution in [3.05, 3.63) is 16.4 Å². The molecular weight excluding hydrogens is 310 g/mol. The van der Waals surface area contributed by atoms with Crippen molar-refractivity contribution in [2.75, 3.05) is 26.9 Å². The summed E-state index contributed by atoms with van der Waals surface area (Å²) in [5.74, 6) is -0.708. The standard InChI is InChI=1S/C14H22ClN3O4/c1-9(2)7-18-13(15)12(10(3)17-18)14(20)22-8-11(19)16-5-6-21-4/h9H,5-8H2,1-4H3,(H,16,19). The molecule has 0 bridgehead atoms. The maximum absolute atomic E-state index is 12.1. The molecule has 0 aliphatic rings. The minimum absolute atomic E-state index is 0.201. The van der Waals surface area contributed by atoms with E-state index in [0.717, 1.165) is 0 Å². The van der Waals surface area contributed by atoms with Crippen molar-refractivity contribution in [2.24, 2.45) is 5.92 Å². The van der Waals surface area contributed by atoms with Crippen molar-refractivity contribution in [2.45, 2.75) is 27.3 Å². The minimum atomic E-state index is -0.653. The van der Waals surface area contributed by atoms with E-state index in [1.807, 2.05) is 13.8 Å². The number of aryl methyl sites for hydroxylation is 1. The summed E-state index contributed by atoms with van der Waals surface area (Å²) in [6.45, 7) is 6.72. The average molecular weight is 332 g/mol. The average Bonchev–Trinajstić information content (AvgIpc) is 2.70. The van der Waals surface area contributed by atoms with E-state index < -0.39 is 11.9 Å². The molecule has 0 spiro atoms. The summed E-state index contributed by atoms with van der Waals surface area (Å²) in [6.07, 6.45) is 0. The summed E-state index contributed by atoms with van der Waals surface area (Å²) in [5, 5.41) is 7.01. The molecule has 22 heavy (non-hydrogen) atoms. The molecule has 1 amide bonds. The third kappa shape index (κ3) is 5.31. The van der Waals surface area contributed by atoms with Crippen molar-refractivity contribution in [3.8, 4) is 0 Å². The van der Waals surface area contributed by atoms with Crippen LogP contribution in [0.5, 0.6) is 0 Å². The van der Waals surface area contributed by atoms with Gasteiger partial charge in [-0.25, -0.2) is 4.79 Å². The van der Waals surface area contributed by atoms with Gasteiger partial charge in [0.1, 0.15) is 10.7 Å². The van der Waals surface area contributed by atoms with Gasteiger partial charge in [-0.15, -0.1) is 0 Å². The fourth-order valence-electron chi connectivity index (χ4n) is 1.80. The Hall–Kier alpha value is -1.60. The van der Waals surface area contributed by atoms with Crippen LogP contribution in [0.1, 0.15) is 29.9 Å². The normalized spacial score (nSPS) is 10.8. The largest absolute Gasteiger partial charge is 0.452 e. The van der Waals surface area contributed by atoms with Gasteiger partial charge in [-0.1, -0.05) is 25.4 Å². The molecule has 124 valence electrons. The molecular formula is C14H22ClN3O4. The highest BCUT2D eigenvalue weighted by molar-refractivity contribution is 6.32. The Bertz CT molecular complexity index is 528. The van der Waals surface area contributed by atoms with Crippen LogP contribution >= 0.6 is 11.6 Å². The third-order valence-electron chi connectivity index (χ3n) is 2.77. The molecule has 8 heteroatoms. The number of rotatable bonds is 8. The summed E-state index contributed by atoms with van der Waals surface area (Å²) in [5.41, 5.74) is 0.683. The van der Waals surface area contributed by atoms with Gasteiger partial charge in [-0.05, 0) is 12.8 Å². The summed E-state index contributed by atoms with van der Waals surface area (Å²) in [6, 6.07) is 0. The topological polar surface area (TPSA) is 82.4 Å². The first kappa shape index (κ1) is 18.4. The van der Waals surface area contributed by atoms with E-state index in [4.69, 9.17) is 21.1 Å². The fourth-order valence-corrected chi connectivity index (χ4v) is 2.12. The Labute approximate surface area is 134 Å². The zero-order valence-electron chi connectivity index (χ0n) is 13.3. The number of halogens is 1. The molecule has 0 saturated heterocycles. The van der Waals surface area contributed by atoms with Crippen molar-refractivity contribution in [1.29, 1.82) is 0 Å². The van der Waals surface area contributed by atoms with E-state index in [0.29, 0.717) is 31.3 Å². The fraction of sp³-hybridized carbons (Fsp3) is 0.643. The van der Waals surface area contributed by atoms with Gasteiger partial charge >= 0.3 is 5.97 Å². The Kier molecular flexibility index (Phi) is 7.34. The molecule has 1 aromatic heterocycles. The lowest BCUT2D eigenvalue weighted by Gasteiger charge is -2.07. The van der Waals surface area contributed by atoms with E-state index in [9.17, 15) is 9.59 Å². The van der Waals surface area contributed by atoms with Crippen LogP contribution in [0.3, 0.4) is 0 Å². The van der Waals surface area contributed by atoms with Gasteiger partial charge in [0.2, 0.25) is 0 Å². The Morgan fingerprint density at radius 3 is 2.68 bits per heavy atom. The smallest absolute Gasteiger partial charge is 0.343 e. The van der Waals surface area contributed by atoms with Crippen molar-refractivity contribution >= 4 is 23.5 Å². The molecule has 0 aliphatic heterocycles.